The molecule has 0 spiro atoms. The molecular weight excluding hydrogens is 492 g/mol. The van der Waals surface area contributed by atoms with E-state index in [0.29, 0.717) is 45.1 Å². The highest BCUT2D eigenvalue weighted by atomic mass is 16.7. The van der Waals surface area contributed by atoms with E-state index in [4.69, 9.17) is 14.2 Å². The fourth-order valence-electron chi connectivity index (χ4n) is 9.94. The fourth-order valence-corrected chi connectivity index (χ4v) is 9.94. The second-order valence-electron chi connectivity index (χ2n) is 13.5. The number of aliphatic hydroxyl groups excluding tert-OH is 3. The normalized spacial score (nSPS) is 54.5. The second kappa shape index (κ2) is 9.23. The first-order chi connectivity index (χ1) is 18.0. The standard InChI is InChI=1S/C29H44O9/c1-16-25(33)22(31)12-24(37-16)38-18-3-8-27(15-30)20-4-7-26(2)19(17-11-23(32)36-14-17)6-10-29(26,35)21(20)5-9-28(27,34)13-18/h11,16,18-22,24-25,30-31,33-35H,3-10,12-15H2,1-2H3/t16-,18+,19-,20+,21-,22+,24+,25-,26-,27+,28+,29+/m1/s1. The van der Waals surface area contributed by atoms with Gasteiger partial charge in [-0.2, -0.15) is 0 Å². The molecule has 0 radical (unpaired) electrons. The summed E-state index contributed by atoms with van der Waals surface area (Å²) >= 11 is 0. The maximum Gasteiger partial charge on any atom is 0.331 e. The molecule has 9 heteroatoms. The van der Waals surface area contributed by atoms with E-state index < -0.39 is 41.2 Å². The van der Waals surface area contributed by atoms with Gasteiger partial charge >= 0.3 is 5.97 Å². The van der Waals surface area contributed by atoms with Gasteiger partial charge in [0.1, 0.15) is 12.7 Å². The maximum atomic E-state index is 12.4. The summed E-state index contributed by atoms with van der Waals surface area (Å²) in [5, 5.41) is 55.6. The molecule has 0 unspecified atom stereocenters. The van der Waals surface area contributed by atoms with Crippen molar-refractivity contribution in [2.45, 2.75) is 120 Å². The number of aliphatic hydroxyl groups is 5. The van der Waals surface area contributed by atoms with Crippen molar-refractivity contribution in [3.05, 3.63) is 11.6 Å². The fraction of sp³-hybridized carbons (Fsp3) is 0.897. The van der Waals surface area contributed by atoms with E-state index in [1.165, 1.54) is 0 Å². The van der Waals surface area contributed by atoms with Crippen molar-refractivity contribution in [1.29, 1.82) is 0 Å². The molecule has 1 saturated heterocycles. The van der Waals surface area contributed by atoms with Gasteiger partial charge in [-0.1, -0.05) is 6.92 Å². The van der Waals surface area contributed by atoms with E-state index in [1.54, 1.807) is 13.0 Å². The minimum atomic E-state index is -1.12. The van der Waals surface area contributed by atoms with Crippen LogP contribution in [0.4, 0.5) is 0 Å². The Bertz CT molecular complexity index is 973. The highest BCUT2D eigenvalue weighted by Crippen LogP contribution is 2.70. The van der Waals surface area contributed by atoms with Crippen LogP contribution < -0.4 is 0 Å². The number of carbonyl (C=O) groups is 1. The number of carbonyl (C=O) groups excluding carboxylic acids is 1. The quantitative estimate of drug-likeness (QED) is 0.267. The van der Waals surface area contributed by atoms with Crippen LogP contribution in [0.15, 0.2) is 11.6 Å². The Morgan fingerprint density at radius 1 is 1.05 bits per heavy atom. The molecule has 9 nitrogen and oxygen atoms in total. The third kappa shape index (κ3) is 3.72. The van der Waals surface area contributed by atoms with E-state index in [1.807, 2.05) is 0 Å². The van der Waals surface area contributed by atoms with Gasteiger partial charge in [-0.15, -0.1) is 0 Å². The van der Waals surface area contributed by atoms with Crippen molar-refractivity contribution in [3.8, 4) is 0 Å². The molecule has 4 saturated carbocycles. The van der Waals surface area contributed by atoms with Crippen LogP contribution in [0.5, 0.6) is 0 Å². The average Bonchev–Trinajstić information content (AvgIpc) is 3.41. The van der Waals surface area contributed by atoms with Gasteiger partial charge in [0.05, 0.1) is 36.1 Å². The molecule has 2 aliphatic heterocycles. The number of cyclic esters (lactones) is 1. The highest BCUT2D eigenvalue weighted by molar-refractivity contribution is 5.85. The zero-order chi connectivity index (χ0) is 27.1. The molecular formula is C29H44O9. The summed E-state index contributed by atoms with van der Waals surface area (Å²) in [5.74, 6) is -0.245. The molecule has 2 heterocycles. The van der Waals surface area contributed by atoms with Crippen LogP contribution in [0.1, 0.15) is 78.1 Å². The van der Waals surface area contributed by atoms with Gasteiger partial charge in [-0.25, -0.2) is 4.79 Å². The van der Waals surface area contributed by atoms with Crippen LogP contribution >= 0.6 is 0 Å². The predicted molar refractivity (Wildman–Crippen MR) is 134 cm³/mol. The number of hydrogen-bond donors (Lipinski definition) is 5. The topological polar surface area (TPSA) is 146 Å². The van der Waals surface area contributed by atoms with Crippen LogP contribution in [0.2, 0.25) is 0 Å². The van der Waals surface area contributed by atoms with Gasteiger partial charge in [0.15, 0.2) is 6.29 Å². The lowest BCUT2D eigenvalue weighted by atomic mass is 9.41. The van der Waals surface area contributed by atoms with Gasteiger partial charge in [-0.3, -0.25) is 0 Å². The van der Waals surface area contributed by atoms with Crippen LogP contribution in [0.25, 0.3) is 0 Å². The first-order valence-corrected chi connectivity index (χ1v) is 14.6. The lowest BCUT2D eigenvalue weighted by Crippen LogP contribution is -2.69. The molecule has 0 aromatic heterocycles. The van der Waals surface area contributed by atoms with Gasteiger partial charge in [0.25, 0.3) is 0 Å². The van der Waals surface area contributed by atoms with Crippen molar-refractivity contribution in [2.75, 3.05) is 13.2 Å². The maximum absolute atomic E-state index is 12.4. The summed E-state index contributed by atoms with van der Waals surface area (Å²) in [6.45, 7) is 4.05. The van der Waals surface area contributed by atoms with E-state index in [-0.39, 0.29) is 48.3 Å². The molecule has 0 amide bonds. The molecule has 0 bridgehead atoms. The molecule has 12 atom stereocenters. The van der Waals surface area contributed by atoms with Gasteiger partial charge < -0.3 is 39.7 Å². The molecule has 5 fully saturated rings. The predicted octanol–water partition coefficient (Wildman–Crippen LogP) is 1.57. The Balaban J connectivity index is 1.21. The lowest BCUT2D eigenvalue weighted by molar-refractivity contribution is -0.297. The summed E-state index contributed by atoms with van der Waals surface area (Å²) in [4.78, 5) is 11.8. The van der Waals surface area contributed by atoms with Crippen molar-refractivity contribution >= 4 is 5.97 Å². The number of ether oxygens (including phenoxy) is 3. The van der Waals surface area contributed by atoms with Crippen LogP contribution in [0, 0.1) is 28.6 Å². The molecule has 38 heavy (non-hydrogen) atoms. The zero-order valence-corrected chi connectivity index (χ0v) is 22.6. The first-order valence-electron chi connectivity index (χ1n) is 14.6. The van der Waals surface area contributed by atoms with Gasteiger partial charge in [-0.05, 0) is 81.6 Å². The molecule has 5 N–H and O–H groups in total. The van der Waals surface area contributed by atoms with Crippen molar-refractivity contribution in [2.24, 2.45) is 28.6 Å². The number of esters is 1. The Kier molecular flexibility index (Phi) is 6.58. The largest absolute Gasteiger partial charge is 0.458 e. The van der Waals surface area contributed by atoms with Crippen LogP contribution in [-0.2, 0) is 19.0 Å². The second-order valence-corrected chi connectivity index (χ2v) is 13.5. The smallest absolute Gasteiger partial charge is 0.331 e. The van der Waals surface area contributed by atoms with Crippen molar-refractivity contribution in [1.82, 2.24) is 0 Å². The molecule has 214 valence electrons. The van der Waals surface area contributed by atoms with E-state index >= 15 is 0 Å². The number of rotatable bonds is 4. The minimum absolute atomic E-state index is 0.0117. The molecule has 0 aromatic carbocycles. The minimum Gasteiger partial charge on any atom is -0.458 e. The number of hydrogen-bond acceptors (Lipinski definition) is 9. The zero-order valence-electron chi connectivity index (χ0n) is 22.6. The third-order valence-corrected chi connectivity index (χ3v) is 12.1. The summed E-state index contributed by atoms with van der Waals surface area (Å²) in [6, 6.07) is 0. The summed E-state index contributed by atoms with van der Waals surface area (Å²) in [5.41, 5.74) is -2.15. The summed E-state index contributed by atoms with van der Waals surface area (Å²) < 4.78 is 17.2. The Hall–Kier alpha value is -1.07. The van der Waals surface area contributed by atoms with Crippen molar-refractivity contribution in [3.63, 3.8) is 0 Å². The Morgan fingerprint density at radius 2 is 1.82 bits per heavy atom. The molecule has 6 rings (SSSR count). The first kappa shape index (κ1) is 27.1. The van der Waals surface area contributed by atoms with E-state index in [2.05, 4.69) is 6.92 Å². The Morgan fingerprint density at radius 3 is 2.50 bits per heavy atom. The monoisotopic (exact) mass is 536 g/mol. The summed E-state index contributed by atoms with van der Waals surface area (Å²) in [7, 11) is 0. The van der Waals surface area contributed by atoms with Crippen LogP contribution in [-0.4, -0.2) is 86.6 Å². The average molecular weight is 537 g/mol. The highest BCUT2D eigenvalue weighted by Gasteiger charge is 2.71. The van der Waals surface area contributed by atoms with E-state index in [9.17, 15) is 30.3 Å². The molecule has 0 aromatic rings. The van der Waals surface area contributed by atoms with Gasteiger partial charge in [0.2, 0.25) is 0 Å². The van der Waals surface area contributed by atoms with E-state index in [0.717, 1.165) is 24.8 Å². The van der Waals surface area contributed by atoms with Gasteiger partial charge in [0, 0.05) is 29.7 Å². The molecule has 6 aliphatic rings. The SMILES string of the molecule is C[C@H]1O[C@@H](O[C@H]2CC[C@]3(CO)[C@H]4CC[C@]5(C)[C@@H](C6=CC(=O)OC6)CC[C@]5(O)[C@@H]4CC[C@]3(O)C2)C[C@H](O)[C@@H]1O. The number of fused-ring (bicyclic) bond motifs is 5. The summed E-state index contributed by atoms with van der Waals surface area (Å²) in [6.07, 6.45) is 4.24. The van der Waals surface area contributed by atoms with Crippen LogP contribution in [0.3, 0.4) is 0 Å². The molecule has 4 aliphatic carbocycles. The Labute approximate surface area is 224 Å². The third-order valence-electron chi connectivity index (χ3n) is 12.1. The lowest BCUT2D eigenvalue weighted by Gasteiger charge is -2.66. The van der Waals surface area contributed by atoms with Crippen molar-refractivity contribution < 1.29 is 44.5 Å².